The Bertz CT molecular complexity index is 644. The van der Waals surface area contributed by atoms with Crippen LogP contribution in [0.3, 0.4) is 0 Å². The predicted molar refractivity (Wildman–Crippen MR) is 99.6 cm³/mol. The maximum atomic E-state index is 4.69. The van der Waals surface area contributed by atoms with Gasteiger partial charge < -0.3 is 10.2 Å². The first-order chi connectivity index (χ1) is 11.2. The molecule has 0 aliphatic carbocycles. The maximum Gasteiger partial charge on any atom is 0.229 e. The second-order valence-corrected chi connectivity index (χ2v) is 5.09. The Kier molecular flexibility index (Phi) is 6.36. The van der Waals surface area contributed by atoms with Crippen molar-refractivity contribution in [2.24, 2.45) is 9.98 Å². The molecule has 0 saturated heterocycles. The van der Waals surface area contributed by atoms with Crippen LogP contribution in [0, 0.1) is 0 Å². The molecule has 0 aromatic heterocycles. The highest BCUT2D eigenvalue weighted by molar-refractivity contribution is 6.03. The Morgan fingerprint density at radius 3 is 2.04 bits per heavy atom. The van der Waals surface area contributed by atoms with Gasteiger partial charge in [0.15, 0.2) is 0 Å². The standard InChI is InChI=1S/C19H24N4/c1-4-23(5-2)16(3)20-19(21-17-12-8-6-9-13-17)22-18-14-10-7-11-15-18/h6-15H,4-5H2,1-3H3,(H,21,22)/b20-16+. The number of nitrogens with zero attached hydrogens (tertiary/aromatic N) is 3. The average Bonchev–Trinajstić information content (AvgIpc) is 2.57. The zero-order valence-electron chi connectivity index (χ0n) is 14.0. The lowest BCUT2D eigenvalue weighted by Gasteiger charge is -2.20. The molecule has 1 N–H and O–H groups in total. The van der Waals surface area contributed by atoms with E-state index in [0.717, 1.165) is 30.3 Å². The van der Waals surface area contributed by atoms with Crippen molar-refractivity contribution in [2.45, 2.75) is 20.8 Å². The molecule has 23 heavy (non-hydrogen) atoms. The summed E-state index contributed by atoms with van der Waals surface area (Å²) < 4.78 is 0. The van der Waals surface area contributed by atoms with E-state index in [4.69, 9.17) is 4.99 Å². The molecule has 0 fully saturated rings. The number of para-hydroxylation sites is 2. The Morgan fingerprint density at radius 2 is 1.48 bits per heavy atom. The Hall–Kier alpha value is -2.62. The predicted octanol–water partition coefficient (Wildman–Crippen LogP) is 4.55. The van der Waals surface area contributed by atoms with Crippen LogP contribution in [0.1, 0.15) is 20.8 Å². The van der Waals surface area contributed by atoms with E-state index in [9.17, 15) is 0 Å². The van der Waals surface area contributed by atoms with Gasteiger partial charge in [0.1, 0.15) is 5.84 Å². The van der Waals surface area contributed by atoms with Gasteiger partial charge in [-0.1, -0.05) is 36.4 Å². The highest BCUT2D eigenvalue weighted by Gasteiger charge is 2.05. The number of aliphatic imine (C=N–C) groups is 2. The third kappa shape index (κ3) is 5.25. The minimum absolute atomic E-state index is 0.590. The van der Waals surface area contributed by atoms with Gasteiger partial charge in [0.05, 0.1) is 5.69 Å². The molecule has 2 aromatic carbocycles. The van der Waals surface area contributed by atoms with Crippen LogP contribution < -0.4 is 5.32 Å². The molecule has 2 rings (SSSR count). The van der Waals surface area contributed by atoms with Crippen LogP contribution in [0.25, 0.3) is 0 Å². The van der Waals surface area contributed by atoms with Crippen LogP contribution in [0.4, 0.5) is 11.4 Å². The van der Waals surface area contributed by atoms with Gasteiger partial charge in [0.25, 0.3) is 0 Å². The summed E-state index contributed by atoms with van der Waals surface area (Å²) in [7, 11) is 0. The smallest absolute Gasteiger partial charge is 0.229 e. The quantitative estimate of drug-likeness (QED) is 0.665. The van der Waals surface area contributed by atoms with E-state index in [2.05, 4.69) is 29.1 Å². The van der Waals surface area contributed by atoms with Crippen molar-refractivity contribution in [2.75, 3.05) is 18.4 Å². The number of guanidine groups is 1. The van der Waals surface area contributed by atoms with Crippen molar-refractivity contribution in [1.29, 1.82) is 0 Å². The number of anilines is 1. The van der Waals surface area contributed by atoms with Crippen molar-refractivity contribution in [3.63, 3.8) is 0 Å². The van der Waals surface area contributed by atoms with Crippen LogP contribution in [-0.4, -0.2) is 29.8 Å². The van der Waals surface area contributed by atoms with Crippen molar-refractivity contribution < 1.29 is 0 Å². The summed E-state index contributed by atoms with van der Waals surface area (Å²) in [6, 6.07) is 19.8. The fourth-order valence-electron chi connectivity index (χ4n) is 2.26. The lowest BCUT2D eigenvalue weighted by molar-refractivity contribution is 0.463. The number of hydrogen-bond acceptors (Lipinski definition) is 1. The third-order valence-electron chi connectivity index (χ3n) is 3.51. The largest absolute Gasteiger partial charge is 0.361 e. The van der Waals surface area contributed by atoms with Gasteiger partial charge in [0, 0.05) is 18.8 Å². The van der Waals surface area contributed by atoms with Crippen molar-refractivity contribution >= 4 is 23.2 Å². The van der Waals surface area contributed by atoms with Gasteiger partial charge in [-0.05, 0) is 45.0 Å². The molecule has 0 amide bonds. The lowest BCUT2D eigenvalue weighted by Crippen LogP contribution is -2.29. The Balaban J connectivity index is 2.31. The minimum Gasteiger partial charge on any atom is -0.361 e. The molecule has 0 aliphatic rings. The molecule has 0 spiro atoms. The molecule has 0 bridgehead atoms. The van der Waals surface area contributed by atoms with Crippen molar-refractivity contribution in [3.05, 3.63) is 60.7 Å². The van der Waals surface area contributed by atoms with Crippen LogP contribution in [0.15, 0.2) is 70.6 Å². The highest BCUT2D eigenvalue weighted by atomic mass is 15.2. The lowest BCUT2D eigenvalue weighted by atomic mass is 10.3. The first-order valence-corrected chi connectivity index (χ1v) is 7.99. The molecule has 0 unspecified atom stereocenters. The van der Waals surface area contributed by atoms with E-state index >= 15 is 0 Å². The Morgan fingerprint density at radius 1 is 0.913 bits per heavy atom. The van der Waals surface area contributed by atoms with E-state index in [1.807, 2.05) is 67.6 Å². The van der Waals surface area contributed by atoms with Gasteiger partial charge in [-0.25, -0.2) is 9.98 Å². The third-order valence-corrected chi connectivity index (χ3v) is 3.51. The zero-order chi connectivity index (χ0) is 16.5. The summed E-state index contributed by atoms with van der Waals surface area (Å²) in [5.74, 6) is 1.54. The summed E-state index contributed by atoms with van der Waals surface area (Å²) in [6.07, 6.45) is 0. The summed E-state index contributed by atoms with van der Waals surface area (Å²) in [5, 5.41) is 3.30. The minimum atomic E-state index is 0.590. The second kappa shape index (κ2) is 8.73. The van der Waals surface area contributed by atoms with Crippen LogP contribution in [0.2, 0.25) is 0 Å². The van der Waals surface area contributed by atoms with E-state index in [-0.39, 0.29) is 0 Å². The molecular formula is C19H24N4. The van der Waals surface area contributed by atoms with Gasteiger partial charge in [-0.2, -0.15) is 0 Å². The van der Waals surface area contributed by atoms with E-state index in [1.54, 1.807) is 0 Å². The van der Waals surface area contributed by atoms with Gasteiger partial charge in [-0.15, -0.1) is 0 Å². The van der Waals surface area contributed by atoms with Crippen LogP contribution in [0.5, 0.6) is 0 Å². The maximum absolute atomic E-state index is 4.69. The summed E-state index contributed by atoms with van der Waals surface area (Å²) in [4.78, 5) is 11.5. The van der Waals surface area contributed by atoms with Crippen molar-refractivity contribution in [1.82, 2.24) is 4.90 Å². The van der Waals surface area contributed by atoms with Crippen LogP contribution in [-0.2, 0) is 0 Å². The molecule has 0 saturated carbocycles. The zero-order valence-corrected chi connectivity index (χ0v) is 14.0. The molecule has 4 nitrogen and oxygen atoms in total. The van der Waals surface area contributed by atoms with E-state index in [0.29, 0.717) is 5.96 Å². The molecule has 120 valence electrons. The number of amidine groups is 1. The summed E-state index contributed by atoms with van der Waals surface area (Å²) >= 11 is 0. The summed E-state index contributed by atoms with van der Waals surface area (Å²) in [5.41, 5.74) is 1.85. The topological polar surface area (TPSA) is 40.0 Å². The van der Waals surface area contributed by atoms with Gasteiger partial charge in [-0.3, -0.25) is 0 Å². The highest BCUT2D eigenvalue weighted by Crippen LogP contribution is 2.13. The first-order valence-electron chi connectivity index (χ1n) is 7.99. The van der Waals surface area contributed by atoms with E-state index in [1.165, 1.54) is 0 Å². The molecule has 0 heterocycles. The molecule has 2 aromatic rings. The first kappa shape index (κ1) is 16.7. The normalized spacial score (nSPS) is 12.1. The van der Waals surface area contributed by atoms with E-state index < -0.39 is 0 Å². The van der Waals surface area contributed by atoms with Gasteiger partial charge >= 0.3 is 0 Å². The van der Waals surface area contributed by atoms with Crippen molar-refractivity contribution in [3.8, 4) is 0 Å². The molecule has 4 heteroatoms. The summed E-state index contributed by atoms with van der Waals surface area (Å²) in [6.45, 7) is 8.12. The molecule has 0 atom stereocenters. The van der Waals surface area contributed by atoms with Crippen LogP contribution >= 0.6 is 0 Å². The number of nitrogens with one attached hydrogen (secondary N) is 1. The second-order valence-electron chi connectivity index (χ2n) is 5.09. The monoisotopic (exact) mass is 308 g/mol. The fraction of sp³-hybridized carbons (Fsp3) is 0.263. The average molecular weight is 308 g/mol. The molecular weight excluding hydrogens is 284 g/mol. The number of rotatable bonds is 4. The molecule has 0 aliphatic heterocycles. The molecule has 0 radical (unpaired) electrons. The fourth-order valence-corrected chi connectivity index (χ4v) is 2.26. The SMILES string of the molecule is CCN(CC)/C(C)=N/C(=Nc1ccccc1)Nc1ccccc1. The number of benzene rings is 2. The Labute approximate surface area is 138 Å². The van der Waals surface area contributed by atoms with Gasteiger partial charge in [0.2, 0.25) is 5.96 Å². The number of hydrogen-bond donors (Lipinski definition) is 1.